The number of benzene rings is 2. The highest BCUT2D eigenvalue weighted by molar-refractivity contribution is 9.10. The third-order valence-electron chi connectivity index (χ3n) is 4.64. The molecule has 1 fully saturated rings. The Hall–Kier alpha value is -3.13. The highest BCUT2D eigenvalue weighted by atomic mass is 79.9. The van der Waals surface area contributed by atoms with Gasteiger partial charge >= 0.3 is 6.03 Å². The molecule has 7 nitrogen and oxygen atoms in total. The van der Waals surface area contributed by atoms with Gasteiger partial charge in [0.25, 0.3) is 5.91 Å². The molecule has 8 heteroatoms. The molecule has 2 aromatic carbocycles. The third-order valence-corrected chi connectivity index (χ3v) is 5.17. The van der Waals surface area contributed by atoms with Crippen LogP contribution in [0.15, 0.2) is 59.2 Å². The van der Waals surface area contributed by atoms with Gasteiger partial charge in [0.05, 0.1) is 23.1 Å². The minimum atomic E-state index is -0.238. The summed E-state index contributed by atoms with van der Waals surface area (Å²) in [4.78, 5) is 24.5. The molecule has 3 N–H and O–H groups in total. The van der Waals surface area contributed by atoms with Crippen LogP contribution in [0.2, 0.25) is 0 Å². The van der Waals surface area contributed by atoms with Crippen LogP contribution in [0.25, 0.3) is 5.69 Å². The van der Waals surface area contributed by atoms with Crippen LogP contribution in [0.1, 0.15) is 28.9 Å². The summed E-state index contributed by atoms with van der Waals surface area (Å²) in [6.45, 7) is 1.86. The van der Waals surface area contributed by atoms with E-state index in [2.05, 4.69) is 37.0 Å². The second-order valence-electron chi connectivity index (χ2n) is 6.94. The van der Waals surface area contributed by atoms with Gasteiger partial charge in [0, 0.05) is 21.9 Å². The van der Waals surface area contributed by atoms with E-state index in [9.17, 15) is 9.59 Å². The molecular formula is C21H20BrN5O2. The van der Waals surface area contributed by atoms with E-state index in [1.54, 1.807) is 35.1 Å². The molecule has 0 unspecified atom stereocenters. The summed E-state index contributed by atoms with van der Waals surface area (Å²) in [6.07, 6.45) is 3.64. The van der Waals surface area contributed by atoms with Gasteiger partial charge in [0.15, 0.2) is 0 Å². The maximum Gasteiger partial charge on any atom is 0.319 e. The fourth-order valence-electron chi connectivity index (χ4n) is 2.89. The number of rotatable bonds is 5. The standard InChI is InChI=1S/C21H20BrN5O2/c1-13-19(12-23-27(13)18-10-2-14(22)3-11-18)20(28)24-15-4-6-16(7-5-15)25-21(29)26-17-8-9-17/h2-7,10-12,17H,8-9H2,1H3,(H,24,28)(H2,25,26,29). The molecule has 0 bridgehead atoms. The van der Waals surface area contributed by atoms with E-state index < -0.39 is 0 Å². The average molecular weight is 454 g/mol. The highest BCUT2D eigenvalue weighted by Gasteiger charge is 2.23. The molecule has 148 valence electrons. The highest BCUT2D eigenvalue weighted by Crippen LogP contribution is 2.20. The number of anilines is 2. The quantitative estimate of drug-likeness (QED) is 0.531. The van der Waals surface area contributed by atoms with Crippen molar-refractivity contribution >= 4 is 39.2 Å². The van der Waals surface area contributed by atoms with Crippen LogP contribution in [0.4, 0.5) is 16.2 Å². The van der Waals surface area contributed by atoms with Gasteiger partial charge < -0.3 is 16.0 Å². The molecule has 0 aliphatic heterocycles. The van der Waals surface area contributed by atoms with Crippen LogP contribution >= 0.6 is 15.9 Å². The van der Waals surface area contributed by atoms with Gasteiger partial charge in [-0.2, -0.15) is 5.10 Å². The van der Waals surface area contributed by atoms with Crippen LogP contribution in [-0.4, -0.2) is 27.8 Å². The molecule has 3 aromatic rings. The summed E-state index contributed by atoms with van der Waals surface area (Å²) < 4.78 is 2.71. The van der Waals surface area contributed by atoms with Gasteiger partial charge in [0.2, 0.25) is 0 Å². The SMILES string of the molecule is Cc1c(C(=O)Nc2ccc(NC(=O)NC3CC3)cc2)cnn1-c1ccc(Br)cc1. The predicted molar refractivity (Wildman–Crippen MR) is 116 cm³/mol. The lowest BCUT2D eigenvalue weighted by Gasteiger charge is -2.09. The van der Waals surface area contributed by atoms with E-state index in [4.69, 9.17) is 0 Å². The Labute approximate surface area is 176 Å². The van der Waals surface area contributed by atoms with Gasteiger partial charge in [0.1, 0.15) is 0 Å². The van der Waals surface area contributed by atoms with E-state index in [0.717, 1.165) is 28.7 Å². The largest absolute Gasteiger partial charge is 0.335 e. The minimum Gasteiger partial charge on any atom is -0.335 e. The number of carbonyl (C=O) groups is 2. The summed E-state index contributed by atoms with van der Waals surface area (Å²) >= 11 is 3.41. The van der Waals surface area contributed by atoms with Crippen molar-refractivity contribution in [3.05, 3.63) is 70.5 Å². The topological polar surface area (TPSA) is 88.1 Å². The van der Waals surface area contributed by atoms with Gasteiger partial charge in [-0.05, 0) is 68.3 Å². The molecule has 0 spiro atoms. The lowest BCUT2D eigenvalue weighted by Crippen LogP contribution is -2.30. The number of amides is 3. The van der Waals surface area contributed by atoms with E-state index in [0.29, 0.717) is 23.0 Å². The van der Waals surface area contributed by atoms with Crippen molar-refractivity contribution in [1.82, 2.24) is 15.1 Å². The first kappa shape index (κ1) is 19.2. The molecule has 29 heavy (non-hydrogen) atoms. The number of nitrogens with zero attached hydrogens (tertiary/aromatic N) is 2. The average Bonchev–Trinajstić information content (AvgIpc) is 3.43. The zero-order chi connectivity index (χ0) is 20.4. The van der Waals surface area contributed by atoms with Crippen molar-refractivity contribution in [2.75, 3.05) is 10.6 Å². The van der Waals surface area contributed by atoms with Crippen LogP contribution in [0.5, 0.6) is 0 Å². The van der Waals surface area contributed by atoms with Crippen molar-refractivity contribution in [3.63, 3.8) is 0 Å². The molecule has 1 aliphatic rings. The number of carbonyl (C=O) groups excluding carboxylic acids is 2. The van der Waals surface area contributed by atoms with E-state index in [-0.39, 0.29) is 11.9 Å². The van der Waals surface area contributed by atoms with Crippen LogP contribution in [0, 0.1) is 6.92 Å². The lowest BCUT2D eigenvalue weighted by molar-refractivity contribution is 0.102. The molecule has 3 amide bonds. The molecule has 1 heterocycles. The molecule has 1 aliphatic carbocycles. The second-order valence-corrected chi connectivity index (χ2v) is 7.85. The number of aromatic nitrogens is 2. The fraction of sp³-hybridized carbons (Fsp3) is 0.190. The molecular weight excluding hydrogens is 434 g/mol. The number of nitrogens with one attached hydrogen (secondary N) is 3. The second kappa shape index (κ2) is 8.08. The van der Waals surface area contributed by atoms with Gasteiger partial charge in [-0.25, -0.2) is 9.48 Å². The summed E-state index contributed by atoms with van der Waals surface area (Å²) in [5.41, 5.74) is 3.43. The monoisotopic (exact) mass is 453 g/mol. The van der Waals surface area contributed by atoms with Gasteiger partial charge in [-0.3, -0.25) is 4.79 Å². The first-order chi connectivity index (χ1) is 14.0. The van der Waals surface area contributed by atoms with Crippen molar-refractivity contribution in [2.24, 2.45) is 0 Å². The van der Waals surface area contributed by atoms with Gasteiger partial charge in [-0.1, -0.05) is 15.9 Å². The Morgan fingerprint density at radius 1 is 1.00 bits per heavy atom. The van der Waals surface area contributed by atoms with Crippen molar-refractivity contribution in [2.45, 2.75) is 25.8 Å². The Morgan fingerprint density at radius 2 is 1.62 bits per heavy atom. The molecule has 0 atom stereocenters. The van der Waals surface area contributed by atoms with Crippen LogP contribution < -0.4 is 16.0 Å². The summed E-state index contributed by atoms with van der Waals surface area (Å²) in [7, 11) is 0. The van der Waals surface area contributed by atoms with Crippen molar-refractivity contribution in [3.8, 4) is 5.69 Å². The molecule has 0 saturated heterocycles. The van der Waals surface area contributed by atoms with Crippen molar-refractivity contribution in [1.29, 1.82) is 0 Å². The van der Waals surface area contributed by atoms with Crippen LogP contribution in [0.3, 0.4) is 0 Å². The molecule has 4 rings (SSSR count). The summed E-state index contributed by atoms with van der Waals surface area (Å²) in [6, 6.07) is 14.8. The Kier molecular flexibility index (Phi) is 5.35. The third kappa shape index (κ3) is 4.65. The summed E-state index contributed by atoms with van der Waals surface area (Å²) in [5, 5.41) is 12.9. The number of hydrogen-bond donors (Lipinski definition) is 3. The maximum atomic E-state index is 12.7. The summed E-state index contributed by atoms with van der Waals surface area (Å²) in [5.74, 6) is -0.238. The first-order valence-electron chi connectivity index (χ1n) is 9.29. The van der Waals surface area contributed by atoms with E-state index >= 15 is 0 Å². The van der Waals surface area contributed by atoms with Gasteiger partial charge in [-0.15, -0.1) is 0 Å². The Bertz CT molecular complexity index is 1040. The zero-order valence-corrected chi connectivity index (χ0v) is 17.4. The fourth-order valence-corrected chi connectivity index (χ4v) is 3.16. The number of halogens is 1. The smallest absolute Gasteiger partial charge is 0.319 e. The normalized spacial score (nSPS) is 13.0. The lowest BCUT2D eigenvalue weighted by atomic mass is 10.2. The predicted octanol–water partition coefficient (Wildman–Crippen LogP) is 4.48. The number of hydrogen-bond acceptors (Lipinski definition) is 3. The first-order valence-corrected chi connectivity index (χ1v) is 10.1. The van der Waals surface area contributed by atoms with E-state index in [1.807, 2.05) is 31.2 Å². The van der Waals surface area contributed by atoms with Crippen molar-refractivity contribution < 1.29 is 9.59 Å². The minimum absolute atomic E-state index is 0.208. The Balaban J connectivity index is 1.41. The zero-order valence-electron chi connectivity index (χ0n) is 15.8. The molecule has 1 saturated carbocycles. The Morgan fingerprint density at radius 3 is 2.24 bits per heavy atom. The van der Waals surface area contributed by atoms with E-state index in [1.165, 1.54) is 0 Å². The number of urea groups is 1. The maximum absolute atomic E-state index is 12.7. The van der Waals surface area contributed by atoms with Crippen LogP contribution in [-0.2, 0) is 0 Å². The molecule has 0 radical (unpaired) electrons. The molecule has 1 aromatic heterocycles.